The molecule has 0 amide bonds. The number of ether oxygens (including phenoxy) is 3. The van der Waals surface area contributed by atoms with Gasteiger partial charge in [-0.15, -0.1) is 0 Å². The average Bonchev–Trinajstić information content (AvgIpc) is 3.04. The fourth-order valence-corrected chi connectivity index (χ4v) is 5.55. The Balaban J connectivity index is 1.24. The summed E-state index contributed by atoms with van der Waals surface area (Å²) in [7, 11) is 5.16. The van der Waals surface area contributed by atoms with E-state index < -0.39 is 0 Å². The molecule has 0 fully saturated rings. The zero-order valence-corrected chi connectivity index (χ0v) is 26.4. The molecular weight excluding hydrogens is 520 g/mol. The lowest BCUT2D eigenvalue weighted by molar-refractivity contribution is 0.351. The van der Waals surface area contributed by atoms with Gasteiger partial charge in [-0.3, -0.25) is 0 Å². The molecule has 2 N–H and O–H groups in total. The summed E-state index contributed by atoms with van der Waals surface area (Å²) in [6, 6.07) is 23.3. The van der Waals surface area contributed by atoms with Crippen molar-refractivity contribution < 1.29 is 14.2 Å². The van der Waals surface area contributed by atoms with Crippen molar-refractivity contribution in [2.24, 2.45) is 0 Å². The minimum absolute atomic E-state index is 0.797. The van der Waals surface area contributed by atoms with Crippen LogP contribution >= 0.6 is 0 Å². The van der Waals surface area contributed by atoms with Gasteiger partial charge in [0.2, 0.25) is 0 Å². The third-order valence-electron chi connectivity index (χ3n) is 8.00. The topological polar surface area (TPSA) is 51.8 Å². The highest BCUT2D eigenvalue weighted by molar-refractivity contribution is 5.51. The third-order valence-corrected chi connectivity index (χ3v) is 8.00. The summed E-state index contributed by atoms with van der Waals surface area (Å²) in [6.07, 6.45) is 14.6. The zero-order valence-electron chi connectivity index (χ0n) is 26.4. The highest BCUT2D eigenvalue weighted by Crippen LogP contribution is 2.34. The van der Waals surface area contributed by atoms with Crippen LogP contribution in [-0.2, 0) is 25.7 Å². The van der Waals surface area contributed by atoms with Crippen LogP contribution in [0, 0.1) is 0 Å². The van der Waals surface area contributed by atoms with Gasteiger partial charge in [-0.25, -0.2) is 0 Å². The molecule has 0 radical (unpaired) electrons. The molecule has 3 aromatic carbocycles. The van der Waals surface area contributed by atoms with E-state index in [1.54, 1.807) is 21.3 Å². The van der Waals surface area contributed by atoms with Gasteiger partial charge >= 0.3 is 0 Å². The highest BCUT2D eigenvalue weighted by Gasteiger charge is 2.15. The van der Waals surface area contributed by atoms with Crippen molar-refractivity contribution in [1.82, 2.24) is 10.6 Å². The lowest BCUT2D eigenvalue weighted by atomic mass is 9.96. The Hall–Kier alpha value is -3.02. The van der Waals surface area contributed by atoms with Crippen molar-refractivity contribution in [2.75, 3.05) is 47.5 Å². The van der Waals surface area contributed by atoms with Crippen LogP contribution in [-0.4, -0.2) is 47.5 Å². The van der Waals surface area contributed by atoms with E-state index in [0.717, 1.165) is 69.1 Å². The number of unbranched alkanes of at least 4 members (excludes halogenated alkanes) is 7. The predicted octanol–water partition coefficient (Wildman–Crippen LogP) is 7.58. The van der Waals surface area contributed by atoms with Crippen molar-refractivity contribution in [3.8, 4) is 17.2 Å². The number of rotatable bonds is 23. The maximum absolute atomic E-state index is 5.81. The number of benzene rings is 3. The van der Waals surface area contributed by atoms with Crippen LogP contribution in [0.25, 0.3) is 0 Å². The highest BCUT2D eigenvalue weighted by atomic mass is 16.5. The van der Waals surface area contributed by atoms with Crippen LogP contribution in [0.4, 0.5) is 0 Å². The Morgan fingerprint density at radius 2 is 1.14 bits per heavy atom. The van der Waals surface area contributed by atoms with Crippen molar-refractivity contribution in [3.63, 3.8) is 0 Å². The minimum atomic E-state index is 0.797. The molecule has 5 heteroatoms. The summed E-state index contributed by atoms with van der Waals surface area (Å²) in [5.74, 6) is 2.55. The van der Waals surface area contributed by atoms with Gasteiger partial charge in [-0.2, -0.15) is 0 Å². The average molecular weight is 575 g/mol. The molecule has 3 aromatic rings. The molecule has 3 rings (SSSR count). The van der Waals surface area contributed by atoms with Gasteiger partial charge in [0.1, 0.15) is 5.75 Å². The summed E-state index contributed by atoms with van der Waals surface area (Å²) < 4.78 is 16.8. The molecule has 0 aliphatic carbocycles. The second-order valence-electron chi connectivity index (χ2n) is 11.1. The number of methoxy groups -OCH3 is 3. The molecule has 0 saturated carbocycles. The molecule has 0 spiro atoms. The Morgan fingerprint density at radius 1 is 0.500 bits per heavy atom. The number of hydrogen-bond donors (Lipinski definition) is 2. The molecule has 0 saturated heterocycles. The van der Waals surface area contributed by atoms with Crippen molar-refractivity contribution in [2.45, 2.75) is 77.0 Å². The molecular formula is C37H54N2O3. The van der Waals surface area contributed by atoms with Crippen LogP contribution in [0.3, 0.4) is 0 Å². The first kappa shape index (κ1) is 33.5. The summed E-state index contributed by atoms with van der Waals surface area (Å²) >= 11 is 0. The Bertz CT molecular complexity index is 1120. The Morgan fingerprint density at radius 3 is 1.79 bits per heavy atom. The van der Waals surface area contributed by atoms with Crippen LogP contribution in [0.1, 0.15) is 73.6 Å². The smallest absolute Gasteiger partial charge is 0.164 e. The first-order valence-corrected chi connectivity index (χ1v) is 16.1. The lowest BCUT2D eigenvalue weighted by Gasteiger charge is -2.17. The van der Waals surface area contributed by atoms with Crippen LogP contribution in [0.2, 0.25) is 0 Å². The van der Waals surface area contributed by atoms with Crippen molar-refractivity contribution >= 4 is 0 Å². The van der Waals surface area contributed by atoms with Gasteiger partial charge in [0.15, 0.2) is 11.5 Å². The van der Waals surface area contributed by atoms with Gasteiger partial charge in [0.25, 0.3) is 0 Å². The van der Waals surface area contributed by atoms with E-state index in [2.05, 4.69) is 65.2 Å². The first-order chi connectivity index (χ1) is 20.7. The maximum Gasteiger partial charge on any atom is 0.164 e. The lowest BCUT2D eigenvalue weighted by Crippen LogP contribution is -2.19. The second-order valence-corrected chi connectivity index (χ2v) is 11.1. The standard InChI is InChI=1S/C37H54N2O3/c1-40-34-19-15-18-32(30-34)20-22-35-33(21-23-36(41-2)37(35)42-3)25-29-39-27-14-9-7-5-4-6-8-13-26-38-28-24-31-16-11-10-12-17-31/h10-12,15-19,21,23,30,38-39H,4-9,13-14,20,22,24-29H2,1-3H3. The van der Waals surface area contributed by atoms with E-state index in [0.29, 0.717) is 0 Å². The zero-order chi connectivity index (χ0) is 29.7. The second kappa shape index (κ2) is 20.8. The molecule has 0 aromatic heterocycles. The summed E-state index contributed by atoms with van der Waals surface area (Å²) in [4.78, 5) is 0. The largest absolute Gasteiger partial charge is 0.497 e. The summed E-state index contributed by atoms with van der Waals surface area (Å²) in [5.41, 5.74) is 5.25. The normalized spacial score (nSPS) is 11.0. The van der Waals surface area contributed by atoms with Crippen LogP contribution < -0.4 is 24.8 Å². The quantitative estimate of drug-likeness (QED) is 0.114. The van der Waals surface area contributed by atoms with Gasteiger partial charge < -0.3 is 24.8 Å². The van der Waals surface area contributed by atoms with Crippen LogP contribution in [0.5, 0.6) is 17.2 Å². The fourth-order valence-electron chi connectivity index (χ4n) is 5.55. The third kappa shape index (κ3) is 12.5. The molecule has 0 bridgehead atoms. The predicted molar refractivity (Wildman–Crippen MR) is 176 cm³/mol. The molecule has 5 nitrogen and oxygen atoms in total. The minimum Gasteiger partial charge on any atom is -0.497 e. The van der Waals surface area contributed by atoms with Gasteiger partial charge in [-0.05, 0) is 99.6 Å². The molecule has 0 aliphatic rings. The number of aryl methyl sites for hydroxylation is 1. The Labute approximate surface area is 255 Å². The number of nitrogens with one attached hydrogen (secondary N) is 2. The maximum atomic E-state index is 5.81. The molecule has 0 heterocycles. The molecule has 230 valence electrons. The van der Waals surface area contributed by atoms with E-state index in [4.69, 9.17) is 14.2 Å². The van der Waals surface area contributed by atoms with Crippen molar-refractivity contribution in [3.05, 3.63) is 89.0 Å². The van der Waals surface area contributed by atoms with Crippen LogP contribution in [0.15, 0.2) is 66.7 Å². The monoisotopic (exact) mass is 574 g/mol. The SMILES string of the molecule is COc1cccc(CCc2c(CCNCCCCCCCCCCNCCc3ccccc3)ccc(OC)c2OC)c1. The molecule has 0 unspecified atom stereocenters. The van der Waals surface area contributed by atoms with Crippen molar-refractivity contribution in [1.29, 1.82) is 0 Å². The fraction of sp³-hybridized carbons (Fsp3) is 0.514. The van der Waals surface area contributed by atoms with Gasteiger partial charge in [0, 0.05) is 5.56 Å². The van der Waals surface area contributed by atoms with Gasteiger partial charge in [0.05, 0.1) is 21.3 Å². The summed E-state index contributed by atoms with van der Waals surface area (Å²) in [6.45, 7) is 4.28. The number of hydrogen-bond acceptors (Lipinski definition) is 5. The first-order valence-electron chi connectivity index (χ1n) is 16.1. The van der Waals surface area contributed by atoms with E-state index in [9.17, 15) is 0 Å². The Kier molecular flexibility index (Phi) is 16.6. The van der Waals surface area contributed by atoms with Gasteiger partial charge in [-0.1, -0.05) is 87.1 Å². The van der Waals surface area contributed by atoms with E-state index in [1.165, 1.54) is 73.6 Å². The van der Waals surface area contributed by atoms with E-state index in [1.807, 2.05) is 12.1 Å². The molecule has 0 atom stereocenters. The summed E-state index contributed by atoms with van der Waals surface area (Å²) in [5, 5.41) is 7.25. The van der Waals surface area contributed by atoms with E-state index in [-0.39, 0.29) is 0 Å². The molecule has 42 heavy (non-hydrogen) atoms. The van der Waals surface area contributed by atoms with E-state index >= 15 is 0 Å². The molecule has 0 aliphatic heterocycles.